The zero-order chi connectivity index (χ0) is 22.8. The predicted octanol–water partition coefficient (Wildman–Crippen LogP) is 4.53. The summed E-state index contributed by atoms with van der Waals surface area (Å²) >= 11 is 1.51. The number of carbonyl (C=O) groups is 1. The molecule has 0 aliphatic rings. The van der Waals surface area contributed by atoms with E-state index < -0.39 is 0 Å². The number of nitrogens with one attached hydrogen (secondary N) is 1. The van der Waals surface area contributed by atoms with Crippen molar-refractivity contribution in [1.82, 2.24) is 19.5 Å². The van der Waals surface area contributed by atoms with E-state index >= 15 is 0 Å². The molecule has 0 atom stereocenters. The van der Waals surface area contributed by atoms with Gasteiger partial charge >= 0.3 is 0 Å². The van der Waals surface area contributed by atoms with Gasteiger partial charge in [-0.1, -0.05) is 53.8 Å². The van der Waals surface area contributed by atoms with Crippen LogP contribution in [-0.4, -0.2) is 25.4 Å². The molecule has 2 aromatic carbocycles. The molecule has 0 radical (unpaired) electrons. The maximum absolute atomic E-state index is 12.7. The maximum Gasteiger partial charge on any atom is 0.254 e. The van der Waals surface area contributed by atoms with Crippen LogP contribution < -0.4 is 10.9 Å². The molecule has 1 N–H and O–H groups in total. The zero-order valence-corrected chi connectivity index (χ0v) is 18.5. The molecule has 33 heavy (non-hydrogen) atoms. The van der Waals surface area contributed by atoms with Gasteiger partial charge in [-0.2, -0.15) is 0 Å². The highest BCUT2D eigenvalue weighted by molar-refractivity contribution is 7.21. The Bertz CT molecular complexity index is 1490. The van der Waals surface area contributed by atoms with Gasteiger partial charge in [0.05, 0.1) is 12.0 Å². The summed E-state index contributed by atoms with van der Waals surface area (Å²) in [6.07, 6.45) is 3.15. The van der Waals surface area contributed by atoms with Gasteiger partial charge in [0.25, 0.3) is 5.56 Å². The number of fused-ring (bicyclic) bond motifs is 1. The fourth-order valence-corrected chi connectivity index (χ4v) is 4.53. The third kappa shape index (κ3) is 4.28. The van der Waals surface area contributed by atoms with Crippen LogP contribution in [0.2, 0.25) is 0 Å². The molecule has 0 bridgehead atoms. The van der Waals surface area contributed by atoms with Crippen LogP contribution in [0.5, 0.6) is 0 Å². The van der Waals surface area contributed by atoms with Gasteiger partial charge in [-0.3, -0.25) is 14.2 Å². The average molecular weight is 454 g/mol. The molecule has 0 aliphatic heterocycles. The van der Waals surface area contributed by atoms with Crippen LogP contribution in [-0.2, 0) is 11.3 Å². The van der Waals surface area contributed by atoms with Crippen molar-refractivity contribution in [3.05, 3.63) is 95.2 Å². The number of pyridine rings is 1. The molecule has 7 nitrogen and oxygen atoms in total. The van der Waals surface area contributed by atoms with E-state index in [2.05, 4.69) is 20.3 Å². The van der Waals surface area contributed by atoms with E-state index in [1.165, 1.54) is 28.3 Å². The number of benzene rings is 2. The van der Waals surface area contributed by atoms with Gasteiger partial charge in [-0.05, 0) is 30.7 Å². The van der Waals surface area contributed by atoms with Gasteiger partial charge in [-0.25, -0.2) is 15.0 Å². The monoisotopic (exact) mass is 453 g/mol. The molecule has 162 valence electrons. The fourth-order valence-electron chi connectivity index (χ4n) is 3.54. The molecule has 3 aromatic heterocycles. The zero-order valence-electron chi connectivity index (χ0n) is 17.7. The van der Waals surface area contributed by atoms with Gasteiger partial charge in [0.15, 0.2) is 0 Å². The van der Waals surface area contributed by atoms with Crippen LogP contribution in [0.25, 0.3) is 32.2 Å². The summed E-state index contributed by atoms with van der Waals surface area (Å²) < 4.78 is 1.29. The van der Waals surface area contributed by atoms with Gasteiger partial charge < -0.3 is 5.32 Å². The third-order valence-corrected chi connectivity index (χ3v) is 6.28. The molecule has 1 amide bonds. The van der Waals surface area contributed by atoms with E-state index in [9.17, 15) is 9.59 Å². The summed E-state index contributed by atoms with van der Waals surface area (Å²) in [5.74, 6) is -0.308. The lowest BCUT2D eigenvalue weighted by molar-refractivity contribution is -0.116. The second-order valence-corrected chi connectivity index (χ2v) is 8.46. The van der Waals surface area contributed by atoms with Crippen molar-refractivity contribution < 1.29 is 4.79 Å². The summed E-state index contributed by atoms with van der Waals surface area (Å²) in [6.45, 7) is 1.81. The van der Waals surface area contributed by atoms with Crippen molar-refractivity contribution >= 4 is 33.3 Å². The number of amides is 1. The summed E-state index contributed by atoms with van der Waals surface area (Å²) in [7, 11) is 0. The third-order valence-electron chi connectivity index (χ3n) is 5.27. The molecule has 0 aliphatic carbocycles. The van der Waals surface area contributed by atoms with Crippen LogP contribution in [0.1, 0.15) is 5.56 Å². The van der Waals surface area contributed by atoms with E-state index in [-0.39, 0.29) is 18.0 Å². The molecule has 0 fully saturated rings. The summed E-state index contributed by atoms with van der Waals surface area (Å²) in [6, 6.07) is 20.4. The number of carbonyl (C=O) groups excluding carboxylic acids is 1. The quantitative estimate of drug-likeness (QED) is 0.422. The first-order chi connectivity index (χ1) is 16.1. The number of nitrogens with zero attached hydrogens (tertiary/aromatic N) is 4. The Labute approximate surface area is 193 Å². The number of aromatic nitrogens is 4. The predicted molar refractivity (Wildman–Crippen MR) is 130 cm³/mol. The Morgan fingerprint density at radius 2 is 1.88 bits per heavy atom. The first kappa shape index (κ1) is 20.7. The lowest BCUT2D eigenvalue weighted by atomic mass is 10.1. The van der Waals surface area contributed by atoms with E-state index in [1.54, 1.807) is 6.20 Å². The first-order valence-electron chi connectivity index (χ1n) is 10.3. The largest absolute Gasteiger partial charge is 0.324 e. The highest BCUT2D eigenvalue weighted by atomic mass is 32.1. The van der Waals surface area contributed by atoms with Crippen LogP contribution in [0, 0.1) is 6.92 Å². The van der Waals surface area contributed by atoms with E-state index in [0.29, 0.717) is 11.4 Å². The molecule has 0 spiro atoms. The lowest BCUT2D eigenvalue weighted by Gasteiger charge is -2.12. The van der Waals surface area contributed by atoms with E-state index in [4.69, 9.17) is 0 Å². The van der Waals surface area contributed by atoms with Crippen molar-refractivity contribution in [3.63, 3.8) is 0 Å². The van der Waals surface area contributed by atoms with Crippen molar-refractivity contribution in [1.29, 1.82) is 0 Å². The highest BCUT2D eigenvalue weighted by Crippen LogP contribution is 2.33. The molecule has 8 heteroatoms. The molecular formula is C25H19N5O2S. The first-order valence-corrected chi connectivity index (χ1v) is 11.1. The van der Waals surface area contributed by atoms with Crippen molar-refractivity contribution in [2.45, 2.75) is 13.5 Å². The van der Waals surface area contributed by atoms with E-state index in [1.807, 2.05) is 67.6 Å². The summed E-state index contributed by atoms with van der Waals surface area (Å²) in [5, 5.41) is 3.75. The number of hydrogen-bond acceptors (Lipinski definition) is 6. The molecule has 0 saturated heterocycles. The number of hydrogen-bond donors (Lipinski definition) is 1. The Kier molecular flexibility index (Phi) is 5.50. The number of rotatable bonds is 5. The number of thiazole rings is 1. The topological polar surface area (TPSA) is 89.8 Å². The molecule has 5 rings (SSSR count). The van der Waals surface area contributed by atoms with Crippen molar-refractivity contribution in [2.75, 3.05) is 5.32 Å². The van der Waals surface area contributed by atoms with Crippen LogP contribution >= 0.6 is 11.3 Å². The lowest BCUT2D eigenvalue weighted by Crippen LogP contribution is -2.27. The van der Waals surface area contributed by atoms with Crippen molar-refractivity contribution in [3.8, 4) is 21.8 Å². The average Bonchev–Trinajstić information content (AvgIpc) is 3.26. The van der Waals surface area contributed by atoms with E-state index in [0.717, 1.165) is 32.0 Å². The minimum Gasteiger partial charge on any atom is -0.324 e. The fraction of sp³-hybridized carbons (Fsp3) is 0.0800. The van der Waals surface area contributed by atoms with Gasteiger partial charge in [-0.15, -0.1) is 0 Å². The molecular weight excluding hydrogens is 434 g/mol. The number of anilines is 1. The highest BCUT2D eigenvalue weighted by Gasteiger charge is 2.14. The SMILES string of the molecule is Cc1c(NC(=O)Cn2cnc(-c3ccccc3)cc2=O)cccc1-c1nc2cccnc2s1. The molecule has 3 heterocycles. The van der Waals surface area contributed by atoms with Crippen molar-refractivity contribution in [2.24, 2.45) is 0 Å². The van der Waals surface area contributed by atoms with Crippen LogP contribution in [0.15, 0.2) is 84.0 Å². The Morgan fingerprint density at radius 1 is 1.03 bits per heavy atom. The molecule has 0 saturated carbocycles. The van der Waals surface area contributed by atoms with Crippen LogP contribution in [0.3, 0.4) is 0 Å². The second kappa shape index (κ2) is 8.76. The minimum atomic E-state index is -0.308. The molecule has 0 unspecified atom stereocenters. The smallest absolute Gasteiger partial charge is 0.254 e. The normalized spacial score (nSPS) is 10.9. The summed E-state index contributed by atoms with van der Waals surface area (Å²) in [5.41, 5.74) is 4.49. The molecule has 5 aromatic rings. The minimum absolute atomic E-state index is 0.129. The Morgan fingerprint density at radius 3 is 2.67 bits per heavy atom. The Balaban J connectivity index is 1.35. The van der Waals surface area contributed by atoms with Gasteiger partial charge in [0.2, 0.25) is 5.91 Å². The van der Waals surface area contributed by atoms with Gasteiger partial charge in [0, 0.05) is 29.1 Å². The maximum atomic E-state index is 12.7. The Hall–Kier alpha value is -4.17. The van der Waals surface area contributed by atoms with Gasteiger partial charge in [0.1, 0.15) is 21.9 Å². The van der Waals surface area contributed by atoms with Crippen LogP contribution in [0.4, 0.5) is 5.69 Å². The summed E-state index contributed by atoms with van der Waals surface area (Å²) in [4.78, 5) is 39.5. The second-order valence-electron chi connectivity index (χ2n) is 7.48. The standard InChI is InChI=1S/C25H19N5O2S/c1-16-18(24-29-20-11-6-12-26-25(20)33-24)9-5-10-19(16)28-22(31)14-30-15-27-21(13-23(30)32)17-7-3-2-4-8-17/h2-13,15H,14H2,1H3,(H,28,31).